The van der Waals surface area contributed by atoms with Crippen LogP contribution in [0.2, 0.25) is 0 Å². The summed E-state index contributed by atoms with van der Waals surface area (Å²) in [6, 6.07) is 5.69. The molecule has 0 saturated heterocycles. The van der Waals surface area contributed by atoms with Gasteiger partial charge in [-0.05, 0) is 31.2 Å². The van der Waals surface area contributed by atoms with Crippen molar-refractivity contribution in [2.45, 2.75) is 6.92 Å². The largest absolute Gasteiger partial charge is 0.433 e. The van der Waals surface area contributed by atoms with Gasteiger partial charge in [0.1, 0.15) is 5.82 Å². The zero-order valence-electron chi connectivity index (χ0n) is 9.24. The molecule has 0 spiro atoms. The predicted molar refractivity (Wildman–Crippen MR) is 60.0 cm³/mol. The molecule has 2 aromatic rings. The fourth-order valence-corrected chi connectivity index (χ4v) is 1.46. The Morgan fingerprint density at radius 1 is 1.41 bits per heavy atom. The van der Waals surface area contributed by atoms with Crippen LogP contribution in [-0.4, -0.2) is 17.3 Å². The molecular formula is C12H11FN2O2. The van der Waals surface area contributed by atoms with Crippen LogP contribution in [0.5, 0.6) is 0 Å². The van der Waals surface area contributed by atoms with Gasteiger partial charge in [0.25, 0.3) is 0 Å². The summed E-state index contributed by atoms with van der Waals surface area (Å²) in [5.41, 5.74) is 6.36. The van der Waals surface area contributed by atoms with Gasteiger partial charge in [-0.15, -0.1) is 0 Å². The number of Topliss-reactive ketones (excluding diaryl/α,β-unsaturated/α-hetero) is 1. The monoisotopic (exact) mass is 234 g/mol. The van der Waals surface area contributed by atoms with Gasteiger partial charge in [-0.3, -0.25) is 4.79 Å². The molecule has 0 fully saturated rings. The van der Waals surface area contributed by atoms with Gasteiger partial charge in [-0.2, -0.15) is 0 Å². The lowest BCUT2D eigenvalue weighted by Gasteiger charge is -1.94. The van der Waals surface area contributed by atoms with E-state index in [1.807, 2.05) is 0 Å². The standard InChI is InChI=1S/C12H11FN2O2/c1-7-11(10(16)6-14)17-12(15-7)8-2-4-9(13)5-3-8/h2-5H,6,14H2,1H3. The lowest BCUT2D eigenvalue weighted by atomic mass is 10.2. The maximum atomic E-state index is 12.7. The Labute approximate surface area is 97.3 Å². The highest BCUT2D eigenvalue weighted by Gasteiger charge is 2.16. The van der Waals surface area contributed by atoms with Crippen LogP contribution in [0, 0.1) is 12.7 Å². The van der Waals surface area contributed by atoms with Crippen LogP contribution >= 0.6 is 0 Å². The SMILES string of the molecule is Cc1nc(-c2ccc(F)cc2)oc1C(=O)CN. The molecule has 2 rings (SSSR count). The van der Waals surface area contributed by atoms with Gasteiger partial charge >= 0.3 is 0 Å². The average Bonchev–Trinajstić information content (AvgIpc) is 2.71. The Kier molecular flexibility index (Phi) is 3.01. The number of ketones is 1. The van der Waals surface area contributed by atoms with E-state index in [1.54, 1.807) is 6.92 Å². The van der Waals surface area contributed by atoms with Crippen molar-refractivity contribution in [1.29, 1.82) is 0 Å². The Morgan fingerprint density at radius 2 is 2.06 bits per heavy atom. The first kappa shape index (κ1) is 11.5. The van der Waals surface area contributed by atoms with E-state index in [0.717, 1.165) is 0 Å². The second kappa shape index (κ2) is 4.47. The van der Waals surface area contributed by atoms with Crippen molar-refractivity contribution in [1.82, 2.24) is 4.98 Å². The third kappa shape index (κ3) is 2.24. The predicted octanol–water partition coefficient (Wildman–Crippen LogP) is 1.93. The summed E-state index contributed by atoms with van der Waals surface area (Å²) >= 11 is 0. The Hall–Kier alpha value is -2.01. The number of hydrogen-bond donors (Lipinski definition) is 1. The van der Waals surface area contributed by atoms with Crippen molar-refractivity contribution in [3.8, 4) is 11.5 Å². The molecule has 0 saturated carbocycles. The Morgan fingerprint density at radius 3 is 2.65 bits per heavy atom. The molecular weight excluding hydrogens is 223 g/mol. The number of nitrogens with two attached hydrogens (primary N) is 1. The van der Waals surface area contributed by atoms with Crippen LogP contribution in [0.15, 0.2) is 28.7 Å². The lowest BCUT2D eigenvalue weighted by Crippen LogP contribution is -2.13. The van der Waals surface area contributed by atoms with E-state index in [4.69, 9.17) is 10.2 Å². The molecule has 5 heteroatoms. The molecule has 1 aromatic heterocycles. The van der Waals surface area contributed by atoms with E-state index in [9.17, 15) is 9.18 Å². The summed E-state index contributed by atoms with van der Waals surface area (Å²) < 4.78 is 18.1. The topological polar surface area (TPSA) is 69.1 Å². The minimum absolute atomic E-state index is 0.126. The van der Waals surface area contributed by atoms with Gasteiger partial charge in [-0.25, -0.2) is 9.37 Å². The minimum Gasteiger partial charge on any atom is -0.433 e. The number of rotatable bonds is 3. The highest BCUT2D eigenvalue weighted by Crippen LogP contribution is 2.22. The molecule has 88 valence electrons. The van der Waals surface area contributed by atoms with Gasteiger partial charge in [0.2, 0.25) is 11.7 Å². The fourth-order valence-electron chi connectivity index (χ4n) is 1.46. The highest BCUT2D eigenvalue weighted by atomic mass is 19.1. The smallest absolute Gasteiger partial charge is 0.227 e. The number of carbonyl (C=O) groups excluding carboxylic acids is 1. The van der Waals surface area contributed by atoms with E-state index in [0.29, 0.717) is 17.1 Å². The van der Waals surface area contributed by atoms with Crippen molar-refractivity contribution >= 4 is 5.78 Å². The van der Waals surface area contributed by atoms with Crippen molar-refractivity contribution in [3.63, 3.8) is 0 Å². The van der Waals surface area contributed by atoms with Crippen LogP contribution in [0.4, 0.5) is 4.39 Å². The molecule has 0 radical (unpaired) electrons. The molecule has 4 nitrogen and oxygen atoms in total. The second-order valence-corrected chi connectivity index (χ2v) is 3.57. The average molecular weight is 234 g/mol. The summed E-state index contributed by atoms with van der Waals surface area (Å²) in [7, 11) is 0. The fraction of sp³-hybridized carbons (Fsp3) is 0.167. The van der Waals surface area contributed by atoms with Gasteiger partial charge in [0.05, 0.1) is 12.2 Å². The molecule has 1 aromatic carbocycles. The first-order valence-electron chi connectivity index (χ1n) is 5.08. The molecule has 0 aliphatic carbocycles. The van der Waals surface area contributed by atoms with Crippen molar-refractivity contribution in [2.75, 3.05) is 6.54 Å². The number of hydrogen-bond acceptors (Lipinski definition) is 4. The van der Waals surface area contributed by atoms with E-state index < -0.39 is 0 Å². The lowest BCUT2D eigenvalue weighted by molar-refractivity contribution is 0.0975. The van der Waals surface area contributed by atoms with Crippen LogP contribution in [-0.2, 0) is 0 Å². The number of benzene rings is 1. The first-order valence-corrected chi connectivity index (χ1v) is 5.08. The van der Waals surface area contributed by atoms with Gasteiger partial charge in [-0.1, -0.05) is 0 Å². The third-order valence-electron chi connectivity index (χ3n) is 2.33. The van der Waals surface area contributed by atoms with Crippen molar-refractivity contribution in [3.05, 3.63) is 41.5 Å². The highest BCUT2D eigenvalue weighted by molar-refractivity contribution is 5.96. The number of halogens is 1. The van der Waals surface area contributed by atoms with Gasteiger partial charge in [0, 0.05) is 5.56 Å². The maximum absolute atomic E-state index is 12.7. The quantitative estimate of drug-likeness (QED) is 0.824. The maximum Gasteiger partial charge on any atom is 0.227 e. The normalized spacial score (nSPS) is 10.5. The number of nitrogens with zero attached hydrogens (tertiary/aromatic N) is 1. The molecule has 0 aliphatic heterocycles. The summed E-state index contributed by atoms with van der Waals surface area (Å²) in [4.78, 5) is 15.5. The Balaban J connectivity index is 2.41. The molecule has 0 aliphatic rings. The van der Waals surface area contributed by atoms with Gasteiger partial charge in [0.15, 0.2) is 5.76 Å². The van der Waals surface area contributed by atoms with Crippen molar-refractivity contribution < 1.29 is 13.6 Å². The molecule has 2 N–H and O–H groups in total. The second-order valence-electron chi connectivity index (χ2n) is 3.57. The summed E-state index contributed by atoms with van der Waals surface area (Å²) in [5.74, 6) is -0.190. The van der Waals surface area contributed by atoms with Crippen LogP contribution in [0.3, 0.4) is 0 Å². The zero-order chi connectivity index (χ0) is 12.4. The van der Waals surface area contributed by atoms with E-state index in [-0.39, 0.29) is 23.9 Å². The van der Waals surface area contributed by atoms with Crippen LogP contribution < -0.4 is 5.73 Å². The van der Waals surface area contributed by atoms with Crippen LogP contribution in [0.25, 0.3) is 11.5 Å². The van der Waals surface area contributed by atoms with Crippen molar-refractivity contribution in [2.24, 2.45) is 5.73 Å². The summed E-state index contributed by atoms with van der Waals surface area (Å²) in [6.45, 7) is 1.54. The van der Waals surface area contributed by atoms with Crippen LogP contribution in [0.1, 0.15) is 16.2 Å². The van der Waals surface area contributed by atoms with Gasteiger partial charge < -0.3 is 10.2 Å². The molecule has 1 heterocycles. The number of oxazole rings is 1. The number of aryl methyl sites for hydroxylation is 1. The van der Waals surface area contributed by atoms with E-state index >= 15 is 0 Å². The zero-order valence-corrected chi connectivity index (χ0v) is 9.24. The third-order valence-corrected chi connectivity index (χ3v) is 2.33. The number of aromatic nitrogens is 1. The summed E-state index contributed by atoms with van der Waals surface area (Å²) in [6.07, 6.45) is 0. The minimum atomic E-state index is -0.338. The first-order chi connectivity index (χ1) is 8.11. The Bertz CT molecular complexity index is 546. The summed E-state index contributed by atoms with van der Waals surface area (Å²) in [5, 5.41) is 0. The molecule has 0 amide bonds. The van der Waals surface area contributed by atoms with E-state index in [1.165, 1.54) is 24.3 Å². The molecule has 0 unspecified atom stereocenters. The molecule has 0 atom stereocenters. The van der Waals surface area contributed by atoms with E-state index in [2.05, 4.69) is 4.98 Å². The molecule has 17 heavy (non-hydrogen) atoms. The molecule has 0 bridgehead atoms. The number of carbonyl (C=O) groups is 1.